The Morgan fingerprint density at radius 3 is 2.36 bits per heavy atom. The summed E-state index contributed by atoms with van der Waals surface area (Å²) in [5.41, 5.74) is 4.97. The molecule has 0 amide bonds. The molecule has 0 N–H and O–H groups in total. The summed E-state index contributed by atoms with van der Waals surface area (Å²) in [6, 6.07) is 2.03. The van der Waals surface area contributed by atoms with Gasteiger partial charge in [-0.15, -0.1) is 0 Å². The van der Waals surface area contributed by atoms with Crippen LogP contribution < -0.4 is 0 Å². The number of nitrogens with zero attached hydrogens (tertiary/aromatic N) is 1. The van der Waals surface area contributed by atoms with Crippen LogP contribution in [0, 0.1) is 19.8 Å². The van der Waals surface area contributed by atoms with Crippen LogP contribution in [0.3, 0.4) is 0 Å². The second-order valence-corrected chi connectivity index (χ2v) is 8.15. The molecule has 5 nitrogen and oxygen atoms in total. The minimum absolute atomic E-state index is 0.0502. The molecule has 2 aliphatic carbocycles. The first-order valence-electron chi connectivity index (χ1n) is 10.1. The zero-order chi connectivity index (χ0) is 20.6. The molecule has 150 valence electrons. The molecule has 0 bridgehead atoms. The highest BCUT2D eigenvalue weighted by atomic mass is 16.6. The molecule has 1 aromatic carbocycles. The molecule has 0 unspecified atom stereocenters. The van der Waals surface area contributed by atoms with Gasteiger partial charge in [0.15, 0.2) is 5.78 Å². The van der Waals surface area contributed by atoms with E-state index in [4.69, 9.17) is 4.84 Å². The third-order valence-corrected chi connectivity index (χ3v) is 6.24. The molecule has 5 heteroatoms. The molecule has 2 aliphatic rings. The Hall–Kier alpha value is -2.30. The van der Waals surface area contributed by atoms with Gasteiger partial charge in [-0.05, 0) is 69.2 Å². The number of hydrogen-bond acceptors (Lipinski definition) is 5. The standard InChI is InChI=1S/C23H29NO4/c1-6-17(24-28-7-2)21-18(26)11-23(12-19(21)27)9-8-16-20(15(5)25)13(3)10-14(4)22(16)23/h10,21H,6-9,11-12H2,1-5H3/b24-17-. The van der Waals surface area contributed by atoms with Gasteiger partial charge in [-0.2, -0.15) is 0 Å². The summed E-state index contributed by atoms with van der Waals surface area (Å²) >= 11 is 0. The van der Waals surface area contributed by atoms with Gasteiger partial charge in [0.2, 0.25) is 0 Å². The van der Waals surface area contributed by atoms with E-state index in [0.717, 1.165) is 40.7 Å². The van der Waals surface area contributed by atoms with Gasteiger partial charge >= 0.3 is 0 Å². The van der Waals surface area contributed by atoms with E-state index in [1.807, 2.05) is 33.8 Å². The lowest BCUT2D eigenvalue weighted by Gasteiger charge is -2.37. The fourth-order valence-corrected chi connectivity index (χ4v) is 5.35. The summed E-state index contributed by atoms with van der Waals surface area (Å²) < 4.78 is 0. The van der Waals surface area contributed by atoms with Gasteiger partial charge in [0.05, 0.1) is 5.71 Å². The number of aryl methyl sites for hydroxylation is 2. The molecule has 0 aromatic heterocycles. The molecule has 1 fully saturated rings. The van der Waals surface area contributed by atoms with Gasteiger partial charge in [0.1, 0.15) is 24.1 Å². The van der Waals surface area contributed by atoms with Crippen LogP contribution in [0.1, 0.15) is 79.1 Å². The van der Waals surface area contributed by atoms with Gasteiger partial charge in [0.25, 0.3) is 0 Å². The summed E-state index contributed by atoms with van der Waals surface area (Å²) in [6.07, 6.45) is 2.64. The van der Waals surface area contributed by atoms with E-state index in [2.05, 4.69) is 5.16 Å². The van der Waals surface area contributed by atoms with E-state index in [0.29, 0.717) is 31.6 Å². The van der Waals surface area contributed by atoms with Crippen molar-refractivity contribution < 1.29 is 19.2 Å². The van der Waals surface area contributed by atoms with Crippen LogP contribution in [0.15, 0.2) is 11.2 Å². The third kappa shape index (κ3) is 3.21. The number of carbonyl (C=O) groups excluding carboxylic acids is 3. The monoisotopic (exact) mass is 383 g/mol. The Bertz CT molecular complexity index is 863. The molecular weight excluding hydrogens is 354 g/mol. The summed E-state index contributed by atoms with van der Waals surface area (Å²) in [5, 5.41) is 4.04. The van der Waals surface area contributed by atoms with E-state index in [-0.39, 0.29) is 17.3 Å². The highest BCUT2D eigenvalue weighted by Gasteiger charge is 2.51. The van der Waals surface area contributed by atoms with Gasteiger partial charge in [-0.3, -0.25) is 14.4 Å². The number of carbonyl (C=O) groups is 3. The highest BCUT2D eigenvalue weighted by Crippen LogP contribution is 2.50. The van der Waals surface area contributed by atoms with Crippen LogP contribution in [-0.4, -0.2) is 29.7 Å². The number of Topliss-reactive ketones (excluding diaryl/α,β-unsaturated/α-hetero) is 3. The van der Waals surface area contributed by atoms with Gasteiger partial charge in [-0.1, -0.05) is 18.1 Å². The molecular formula is C23H29NO4. The van der Waals surface area contributed by atoms with Gasteiger partial charge in [-0.25, -0.2) is 0 Å². The number of benzene rings is 1. The minimum Gasteiger partial charge on any atom is -0.396 e. The average molecular weight is 383 g/mol. The molecule has 1 saturated carbocycles. The van der Waals surface area contributed by atoms with Crippen molar-refractivity contribution in [2.75, 3.05) is 6.61 Å². The Labute approximate surface area is 166 Å². The average Bonchev–Trinajstić information content (AvgIpc) is 2.95. The zero-order valence-electron chi connectivity index (χ0n) is 17.5. The van der Waals surface area contributed by atoms with Gasteiger partial charge in [0, 0.05) is 23.8 Å². The highest BCUT2D eigenvalue weighted by molar-refractivity contribution is 6.22. The predicted molar refractivity (Wildman–Crippen MR) is 108 cm³/mol. The van der Waals surface area contributed by atoms with E-state index < -0.39 is 11.3 Å². The maximum atomic E-state index is 13.1. The van der Waals surface area contributed by atoms with Crippen LogP contribution in [-0.2, 0) is 26.3 Å². The summed E-state index contributed by atoms with van der Waals surface area (Å²) in [5.74, 6) is -0.888. The van der Waals surface area contributed by atoms with Crippen LogP contribution in [0.4, 0.5) is 0 Å². The number of ketones is 3. The normalized spacial score (nSPS) is 24.6. The SMILES string of the molecule is CCO/N=C(/CC)C1C(=O)CC2(CCc3c(C(C)=O)c(C)cc(C)c32)CC1=O. The molecule has 0 heterocycles. The topological polar surface area (TPSA) is 72.8 Å². The van der Waals surface area contributed by atoms with Crippen LogP contribution in [0.2, 0.25) is 0 Å². The molecule has 0 aliphatic heterocycles. The fourth-order valence-electron chi connectivity index (χ4n) is 5.35. The largest absolute Gasteiger partial charge is 0.396 e. The number of hydrogen-bond donors (Lipinski definition) is 0. The van der Waals surface area contributed by atoms with E-state index in [9.17, 15) is 14.4 Å². The van der Waals surface area contributed by atoms with E-state index in [1.54, 1.807) is 6.92 Å². The van der Waals surface area contributed by atoms with Crippen LogP contribution in [0.5, 0.6) is 0 Å². The van der Waals surface area contributed by atoms with Crippen molar-refractivity contribution in [2.45, 2.75) is 72.1 Å². The quantitative estimate of drug-likeness (QED) is 0.333. The maximum absolute atomic E-state index is 13.1. The molecule has 0 atom stereocenters. The van der Waals surface area contributed by atoms with Crippen LogP contribution >= 0.6 is 0 Å². The van der Waals surface area contributed by atoms with Crippen molar-refractivity contribution in [1.29, 1.82) is 0 Å². The lowest BCUT2D eigenvalue weighted by molar-refractivity contribution is -0.135. The molecule has 1 spiro atoms. The second-order valence-electron chi connectivity index (χ2n) is 8.15. The fraction of sp³-hybridized carbons (Fsp3) is 0.565. The Kier molecular flexibility index (Phi) is 5.55. The Morgan fingerprint density at radius 2 is 1.82 bits per heavy atom. The van der Waals surface area contributed by atoms with Crippen molar-refractivity contribution in [3.05, 3.63) is 33.9 Å². The summed E-state index contributed by atoms with van der Waals surface area (Å²) in [6.45, 7) is 9.69. The van der Waals surface area contributed by atoms with Crippen molar-refractivity contribution in [1.82, 2.24) is 0 Å². The summed E-state index contributed by atoms with van der Waals surface area (Å²) in [7, 11) is 0. The first kappa shape index (κ1) is 20.4. The predicted octanol–water partition coefficient (Wildman–Crippen LogP) is 4.04. The van der Waals surface area contributed by atoms with E-state index in [1.165, 1.54) is 0 Å². The molecule has 0 radical (unpaired) electrons. The third-order valence-electron chi connectivity index (χ3n) is 6.24. The maximum Gasteiger partial charge on any atom is 0.160 e. The lowest BCUT2D eigenvalue weighted by atomic mass is 9.64. The van der Waals surface area contributed by atoms with Crippen molar-refractivity contribution in [2.24, 2.45) is 11.1 Å². The minimum atomic E-state index is -0.788. The number of oxime groups is 1. The van der Waals surface area contributed by atoms with Gasteiger partial charge < -0.3 is 4.84 Å². The Morgan fingerprint density at radius 1 is 1.18 bits per heavy atom. The lowest BCUT2D eigenvalue weighted by Crippen LogP contribution is -2.45. The molecule has 3 rings (SSSR count). The van der Waals surface area contributed by atoms with Crippen molar-refractivity contribution in [3.8, 4) is 0 Å². The first-order chi connectivity index (χ1) is 13.3. The number of fused-ring (bicyclic) bond motifs is 2. The number of rotatable bonds is 5. The van der Waals surface area contributed by atoms with Crippen molar-refractivity contribution in [3.63, 3.8) is 0 Å². The molecule has 1 aromatic rings. The van der Waals surface area contributed by atoms with Crippen molar-refractivity contribution >= 4 is 23.1 Å². The van der Waals surface area contributed by atoms with Crippen LogP contribution in [0.25, 0.3) is 0 Å². The van der Waals surface area contributed by atoms with E-state index >= 15 is 0 Å². The first-order valence-corrected chi connectivity index (χ1v) is 10.1. The molecule has 0 saturated heterocycles. The Balaban J connectivity index is 2.03. The second kappa shape index (κ2) is 7.61. The smallest absolute Gasteiger partial charge is 0.160 e. The summed E-state index contributed by atoms with van der Waals surface area (Å²) in [4.78, 5) is 43.6. The zero-order valence-corrected chi connectivity index (χ0v) is 17.5. The molecule has 28 heavy (non-hydrogen) atoms.